The fourth-order valence-electron chi connectivity index (χ4n) is 4.10. The normalized spacial score (nSPS) is 14.5. The SMILES string of the molecule is CCCn1nc(N(c2ccc(C(F)(F)F)cc2Cl)[C@@H](CC2CC2)c2ccc(C)c(F)c2)nc1C.Cl. The Morgan fingerprint density at radius 2 is 1.86 bits per heavy atom. The third-order valence-electron chi connectivity index (χ3n) is 6.18. The molecule has 1 heterocycles. The van der Waals surface area contributed by atoms with Crippen molar-refractivity contribution in [1.29, 1.82) is 0 Å². The molecule has 0 aliphatic heterocycles. The van der Waals surface area contributed by atoms with Crippen molar-refractivity contribution in [3.63, 3.8) is 0 Å². The van der Waals surface area contributed by atoms with Gasteiger partial charge in [0, 0.05) is 6.54 Å². The van der Waals surface area contributed by atoms with Crippen molar-refractivity contribution in [1.82, 2.24) is 14.8 Å². The summed E-state index contributed by atoms with van der Waals surface area (Å²) in [6, 6.07) is 7.94. The Labute approximate surface area is 213 Å². The summed E-state index contributed by atoms with van der Waals surface area (Å²) in [5.74, 6) is 1.12. The lowest BCUT2D eigenvalue weighted by atomic mass is 9.97. The molecule has 0 saturated heterocycles. The summed E-state index contributed by atoms with van der Waals surface area (Å²) in [6.07, 6.45) is -0.884. The zero-order chi connectivity index (χ0) is 24.6. The molecule has 0 radical (unpaired) electrons. The van der Waals surface area contributed by atoms with Gasteiger partial charge in [0.1, 0.15) is 11.6 Å². The minimum Gasteiger partial charge on any atom is -0.300 e. The number of aromatic nitrogens is 3. The topological polar surface area (TPSA) is 34.0 Å². The minimum atomic E-state index is -4.52. The number of benzene rings is 2. The first-order valence-electron chi connectivity index (χ1n) is 11.4. The lowest BCUT2D eigenvalue weighted by Crippen LogP contribution is -2.26. The molecule has 0 N–H and O–H groups in total. The van der Waals surface area contributed by atoms with Crippen molar-refractivity contribution < 1.29 is 17.6 Å². The molecule has 1 fully saturated rings. The third-order valence-corrected chi connectivity index (χ3v) is 6.48. The van der Waals surface area contributed by atoms with Gasteiger partial charge in [-0.1, -0.05) is 43.5 Å². The molecule has 10 heteroatoms. The van der Waals surface area contributed by atoms with Gasteiger partial charge in [0.15, 0.2) is 0 Å². The largest absolute Gasteiger partial charge is 0.416 e. The van der Waals surface area contributed by atoms with E-state index in [0.29, 0.717) is 47.5 Å². The Bertz CT molecular complexity index is 1170. The standard InChI is InChI=1S/C25H27ClF4N4.ClH/c1-4-11-33-16(3)31-24(32-33)34(22-10-9-19(14-20(22)26)25(28,29)30)23(12-17-6-7-17)18-8-5-15(2)21(27)13-18;/h5,8-10,13-14,17,23H,4,6-7,11-12H2,1-3H3;1H/t23-;/m0./s1. The van der Waals surface area contributed by atoms with Gasteiger partial charge in [-0.3, -0.25) is 0 Å². The lowest BCUT2D eigenvalue weighted by Gasteiger charge is -2.32. The summed E-state index contributed by atoms with van der Waals surface area (Å²) >= 11 is 6.45. The highest BCUT2D eigenvalue weighted by Gasteiger charge is 2.36. The van der Waals surface area contributed by atoms with Crippen LogP contribution < -0.4 is 4.90 Å². The molecule has 2 aromatic carbocycles. The summed E-state index contributed by atoms with van der Waals surface area (Å²) < 4.78 is 56.3. The van der Waals surface area contributed by atoms with Crippen molar-refractivity contribution in [3.8, 4) is 0 Å². The third kappa shape index (κ3) is 6.09. The van der Waals surface area contributed by atoms with Crippen molar-refractivity contribution in [2.75, 3.05) is 4.90 Å². The molecule has 0 amide bonds. The Morgan fingerprint density at radius 1 is 1.14 bits per heavy atom. The van der Waals surface area contributed by atoms with E-state index in [4.69, 9.17) is 11.6 Å². The number of hydrogen-bond donors (Lipinski definition) is 0. The van der Waals surface area contributed by atoms with Crippen LogP contribution in [0.4, 0.5) is 29.2 Å². The van der Waals surface area contributed by atoms with Gasteiger partial charge in [-0.05, 0) is 68.0 Å². The number of rotatable bonds is 8. The van der Waals surface area contributed by atoms with Crippen LogP contribution in [0.3, 0.4) is 0 Å². The Morgan fingerprint density at radius 3 is 2.43 bits per heavy atom. The van der Waals surface area contributed by atoms with Gasteiger partial charge in [-0.25, -0.2) is 9.07 Å². The van der Waals surface area contributed by atoms with Crippen LogP contribution in [-0.2, 0) is 12.7 Å². The van der Waals surface area contributed by atoms with Gasteiger partial charge in [-0.15, -0.1) is 17.5 Å². The zero-order valence-electron chi connectivity index (χ0n) is 19.7. The van der Waals surface area contributed by atoms with Gasteiger partial charge in [0.25, 0.3) is 0 Å². The van der Waals surface area contributed by atoms with Crippen molar-refractivity contribution in [3.05, 3.63) is 69.8 Å². The Kier molecular flexibility index (Phi) is 8.37. The highest BCUT2D eigenvalue weighted by molar-refractivity contribution is 6.33. The fraction of sp³-hybridized carbons (Fsp3) is 0.440. The number of halogens is 6. The number of aryl methyl sites for hydroxylation is 3. The summed E-state index contributed by atoms with van der Waals surface area (Å²) in [4.78, 5) is 6.40. The molecule has 1 atom stereocenters. The second-order valence-corrected chi connectivity index (χ2v) is 9.33. The predicted molar refractivity (Wildman–Crippen MR) is 132 cm³/mol. The molecule has 4 rings (SSSR count). The average molecular weight is 531 g/mol. The first-order chi connectivity index (χ1) is 16.1. The van der Waals surface area contributed by atoms with Gasteiger partial charge in [-0.2, -0.15) is 18.2 Å². The number of hydrogen-bond acceptors (Lipinski definition) is 3. The molecule has 1 saturated carbocycles. The molecule has 35 heavy (non-hydrogen) atoms. The fourth-order valence-corrected chi connectivity index (χ4v) is 4.37. The molecule has 0 bridgehead atoms. The second-order valence-electron chi connectivity index (χ2n) is 8.92. The molecule has 190 valence electrons. The molecular weight excluding hydrogens is 503 g/mol. The Hall–Kier alpha value is -2.32. The summed E-state index contributed by atoms with van der Waals surface area (Å²) in [5.41, 5.74) is 0.751. The monoisotopic (exact) mass is 530 g/mol. The highest BCUT2D eigenvalue weighted by Crippen LogP contribution is 2.46. The van der Waals surface area contributed by atoms with Crippen LogP contribution in [0.2, 0.25) is 5.02 Å². The van der Waals surface area contributed by atoms with E-state index in [1.807, 2.05) is 19.9 Å². The van der Waals surface area contributed by atoms with Crippen LogP contribution in [0.15, 0.2) is 36.4 Å². The van der Waals surface area contributed by atoms with Gasteiger partial charge >= 0.3 is 6.18 Å². The van der Waals surface area contributed by atoms with Crippen molar-refractivity contribution in [2.45, 2.75) is 65.2 Å². The van der Waals surface area contributed by atoms with E-state index in [2.05, 4.69) is 10.1 Å². The van der Waals surface area contributed by atoms with E-state index in [0.717, 1.165) is 31.4 Å². The van der Waals surface area contributed by atoms with Gasteiger partial charge in [0.05, 0.1) is 22.3 Å². The summed E-state index contributed by atoms with van der Waals surface area (Å²) in [6.45, 7) is 6.20. The second kappa shape index (κ2) is 10.7. The maximum Gasteiger partial charge on any atom is 0.416 e. The number of anilines is 2. The van der Waals surface area contributed by atoms with Crippen LogP contribution in [0.5, 0.6) is 0 Å². The molecule has 1 aliphatic carbocycles. The first-order valence-corrected chi connectivity index (χ1v) is 11.8. The zero-order valence-corrected chi connectivity index (χ0v) is 21.3. The van der Waals surface area contributed by atoms with E-state index >= 15 is 0 Å². The van der Waals surface area contributed by atoms with Crippen LogP contribution in [0, 0.1) is 25.6 Å². The maximum atomic E-state index is 14.6. The Balaban J connectivity index is 0.00000342. The number of nitrogens with zero attached hydrogens (tertiary/aromatic N) is 4. The molecule has 0 spiro atoms. The van der Waals surface area contributed by atoms with Crippen LogP contribution in [0.25, 0.3) is 0 Å². The van der Waals surface area contributed by atoms with Crippen LogP contribution in [0.1, 0.15) is 61.2 Å². The highest BCUT2D eigenvalue weighted by atomic mass is 35.5. The average Bonchev–Trinajstić information content (AvgIpc) is 3.52. The van der Waals surface area contributed by atoms with E-state index in [1.54, 1.807) is 22.6 Å². The molecule has 1 aliphatic rings. The van der Waals surface area contributed by atoms with Gasteiger partial charge < -0.3 is 4.90 Å². The molecule has 4 nitrogen and oxygen atoms in total. The van der Waals surface area contributed by atoms with Crippen molar-refractivity contribution >= 4 is 35.6 Å². The summed E-state index contributed by atoms with van der Waals surface area (Å²) in [7, 11) is 0. The van der Waals surface area contributed by atoms with E-state index in [-0.39, 0.29) is 23.2 Å². The van der Waals surface area contributed by atoms with E-state index < -0.39 is 17.8 Å². The minimum absolute atomic E-state index is 0. The smallest absolute Gasteiger partial charge is 0.300 e. The molecule has 1 aromatic heterocycles. The van der Waals surface area contributed by atoms with Crippen LogP contribution in [-0.4, -0.2) is 14.8 Å². The van der Waals surface area contributed by atoms with E-state index in [9.17, 15) is 17.6 Å². The molecular formula is C25H28Cl2F4N4. The molecule has 0 unspecified atom stereocenters. The first kappa shape index (κ1) is 27.3. The lowest BCUT2D eigenvalue weighted by molar-refractivity contribution is -0.137. The van der Waals surface area contributed by atoms with Crippen molar-refractivity contribution in [2.24, 2.45) is 5.92 Å². The maximum absolute atomic E-state index is 14.6. The quantitative estimate of drug-likeness (QED) is 0.275. The van der Waals surface area contributed by atoms with E-state index in [1.165, 1.54) is 12.1 Å². The predicted octanol–water partition coefficient (Wildman–Crippen LogP) is 8.22. The van der Waals surface area contributed by atoms with Crippen LogP contribution >= 0.6 is 24.0 Å². The number of alkyl halides is 3. The molecule has 3 aromatic rings. The van der Waals surface area contributed by atoms with Gasteiger partial charge in [0.2, 0.25) is 5.95 Å². The summed E-state index contributed by atoms with van der Waals surface area (Å²) in [5, 5.41) is 4.60.